The Morgan fingerprint density at radius 1 is 1.00 bits per heavy atom. The Morgan fingerprint density at radius 2 is 1.40 bits per heavy atom. The topological polar surface area (TPSA) is 0 Å². The molecule has 0 N–H and O–H groups in total. The van der Waals surface area contributed by atoms with Crippen LogP contribution in [0.1, 0.15) is 12.8 Å². The lowest BCUT2D eigenvalue weighted by atomic mass is 9.83. The van der Waals surface area contributed by atoms with Crippen molar-refractivity contribution in [2.75, 3.05) is 0 Å². The molecule has 54 valence electrons. The predicted molar refractivity (Wildman–Crippen MR) is 45.7 cm³/mol. The third-order valence-electron chi connectivity index (χ3n) is 2.14. The van der Waals surface area contributed by atoms with Crippen molar-refractivity contribution in [2.45, 2.75) is 12.8 Å². The highest BCUT2D eigenvalue weighted by atomic mass is 14.2. The SMILES string of the molecule is C=CC1CC=CCC1C=C. The molecule has 0 aliphatic heterocycles. The monoisotopic (exact) mass is 134 g/mol. The first kappa shape index (κ1) is 7.33. The molecule has 0 spiro atoms. The fourth-order valence-electron chi connectivity index (χ4n) is 1.40. The minimum absolute atomic E-state index is 0.627. The second-order valence-corrected chi connectivity index (χ2v) is 2.74. The standard InChI is InChI=1S/C10H14/c1-3-9-7-5-6-8-10(9)4-2/h3-6,9-10H,1-2,7-8H2. The van der Waals surface area contributed by atoms with E-state index in [0.717, 1.165) is 12.8 Å². The van der Waals surface area contributed by atoms with Crippen molar-refractivity contribution in [1.29, 1.82) is 0 Å². The van der Waals surface area contributed by atoms with Gasteiger partial charge in [-0.15, -0.1) is 13.2 Å². The van der Waals surface area contributed by atoms with E-state index in [1.54, 1.807) is 0 Å². The fraction of sp³-hybridized carbons (Fsp3) is 0.400. The average molecular weight is 134 g/mol. The first-order valence-electron chi connectivity index (χ1n) is 3.78. The Kier molecular flexibility index (Phi) is 2.49. The molecule has 2 unspecified atom stereocenters. The molecule has 1 rings (SSSR count). The summed E-state index contributed by atoms with van der Waals surface area (Å²) >= 11 is 0. The van der Waals surface area contributed by atoms with Crippen LogP contribution in [0.4, 0.5) is 0 Å². The molecule has 0 heterocycles. The molecule has 0 radical (unpaired) electrons. The van der Waals surface area contributed by atoms with E-state index in [0.29, 0.717) is 11.8 Å². The van der Waals surface area contributed by atoms with E-state index in [-0.39, 0.29) is 0 Å². The Morgan fingerprint density at radius 3 is 1.70 bits per heavy atom. The van der Waals surface area contributed by atoms with Crippen LogP contribution in [0.5, 0.6) is 0 Å². The Bertz CT molecular complexity index is 135. The summed E-state index contributed by atoms with van der Waals surface area (Å²) in [6.07, 6.45) is 10.8. The first-order chi connectivity index (χ1) is 4.88. The summed E-state index contributed by atoms with van der Waals surface area (Å²) in [6, 6.07) is 0. The van der Waals surface area contributed by atoms with Crippen LogP contribution in [0, 0.1) is 11.8 Å². The number of rotatable bonds is 2. The van der Waals surface area contributed by atoms with Gasteiger partial charge in [0.1, 0.15) is 0 Å². The van der Waals surface area contributed by atoms with Gasteiger partial charge in [-0.1, -0.05) is 24.3 Å². The van der Waals surface area contributed by atoms with E-state index in [1.165, 1.54) is 0 Å². The van der Waals surface area contributed by atoms with E-state index in [1.807, 2.05) is 12.2 Å². The van der Waals surface area contributed by atoms with Crippen LogP contribution in [0.3, 0.4) is 0 Å². The Labute approximate surface area is 62.9 Å². The van der Waals surface area contributed by atoms with Gasteiger partial charge in [0.15, 0.2) is 0 Å². The van der Waals surface area contributed by atoms with Crippen molar-refractivity contribution in [2.24, 2.45) is 11.8 Å². The van der Waals surface area contributed by atoms with Gasteiger partial charge in [0.05, 0.1) is 0 Å². The van der Waals surface area contributed by atoms with E-state index in [4.69, 9.17) is 0 Å². The number of hydrogen-bond acceptors (Lipinski definition) is 0. The van der Waals surface area contributed by atoms with Gasteiger partial charge < -0.3 is 0 Å². The van der Waals surface area contributed by atoms with Crippen molar-refractivity contribution >= 4 is 0 Å². The van der Waals surface area contributed by atoms with Gasteiger partial charge in [-0.25, -0.2) is 0 Å². The Balaban J connectivity index is 2.61. The van der Waals surface area contributed by atoms with E-state index < -0.39 is 0 Å². The lowest BCUT2D eigenvalue weighted by molar-refractivity contribution is 0.466. The minimum Gasteiger partial charge on any atom is -0.103 e. The molecule has 0 saturated carbocycles. The van der Waals surface area contributed by atoms with Crippen LogP contribution < -0.4 is 0 Å². The van der Waals surface area contributed by atoms with E-state index in [9.17, 15) is 0 Å². The molecule has 0 fully saturated rings. The van der Waals surface area contributed by atoms with Crippen LogP contribution in [0.25, 0.3) is 0 Å². The highest BCUT2D eigenvalue weighted by molar-refractivity contribution is 5.04. The summed E-state index contributed by atoms with van der Waals surface area (Å²) in [6.45, 7) is 7.60. The third-order valence-corrected chi connectivity index (χ3v) is 2.14. The maximum Gasteiger partial charge on any atom is -0.0136 e. The molecular weight excluding hydrogens is 120 g/mol. The molecule has 0 bridgehead atoms. The van der Waals surface area contributed by atoms with Crippen molar-refractivity contribution < 1.29 is 0 Å². The largest absolute Gasteiger partial charge is 0.103 e. The molecule has 0 saturated heterocycles. The van der Waals surface area contributed by atoms with E-state index in [2.05, 4.69) is 25.3 Å². The van der Waals surface area contributed by atoms with Gasteiger partial charge in [-0.05, 0) is 24.7 Å². The van der Waals surface area contributed by atoms with Crippen molar-refractivity contribution in [1.82, 2.24) is 0 Å². The summed E-state index contributed by atoms with van der Waals surface area (Å²) < 4.78 is 0. The van der Waals surface area contributed by atoms with Gasteiger partial charge in [-0.3, -0.25) is 0 Å². The lowest BCUT2D eigenvalue weighted by Gasteiger charge is -2.21. The first-order valence-corrected chi connectivity index (χ1v) is 3.78. The van der Waals surface area contributed by atoms with Crippen LogP contribution in [-0.4, -0.2) is 0 Å². The molecule has 1 aliphatic carbocycles. The molecule has 0 nitrogen and oxygen atoms in total. The quantitative estimate of drug-likeness (QED) is 0.509. The zero-order valence-corrected chi connectivity index (χ0v) is 6.29. The number of allylic oxidation sites excluding steroid dienone is 4. The molecule has 0 amide bonds. The normalized spacial score (nSPS) is 31.6. The highest BCUT2D eigenvalue weighted by Crippen LogP contribution is 2.26. The van der Waals surface area contributed by atoms with Gasteiger partial charge in [0, 0.05) is 0 Å². The number of hydrogen-bond donors (Lipinski definition) is 0. The Hall–Kier alpha value is -0.780. The van der Waals surface area contributed by atoms with E-state index >= 15 is 0 Å². The van der Waals surface area contributed by atoms with Gasteiger partial charge in [-0.2, -0.15) is 0 Å². The van der Waals surface area contributed by atoms with Crippen LogP contribution >= 0.6 is 0 Å². The average Bonchev–Trinajstić information content (AvgIpc) is 2.04. The molecule has 0 aromatic heterocycles. The molecule has 0 aromatic rings. The maximum absolute atomic E-state index is 3.80. The van der Waals surface area contributed by atoms with Crippen LogP contribution in [0.15, 0.2) is 37.5 Å². The van der Waals surface area contributed by atoms with Gasteiger partial charge >= 0.3 is 0 Å². The second kappa shape index (κ2) is 3.40. The lowest BCUT2D eigenvalue weighted by Crippen LogP contribution is -2.11. The zero-order valence-electron chi connectivity index (χ0n) is 6.29. The summed E-state index contributed by atoms with van der Waals surface area (Å²) in [5.41, 5.74) is 0. The molecule has 0 heteroatoms. The molecule has 2 atom stereocenters. The van der Waals surface area contributed by atoms with Crippen molar-refractivity contribution in [3.05, 3.63) is 37.5 Å². The molecule has 1 aliphatic rings. The third kappa shape index (κ3) is 1.38. The summed E-state index contributed by atoms with van der Waals surface area (Å²) in [5.74, 6) is 1.25. The van der Waals surface area contributed by atoms with Crippen LogP contribution in [-0.2, 0) is 0 Å². The maximum atomic E-state index is 3.80. The minimum atomic E-state index is 0.627. The molecular formula is C10H14. The van der Waals surface area contributed by atoms with Crippen LogP contribution in [0.2, 0.25) is 0 Å². The zero-order chi connectivity index (χ0) is 7.40. The summed E-state index contributed by atoms with van der Waals surface area (Å²) in [4.78, 5) is 0. The molecule has 0 aromatic carbocycles. The van der Waals surface area contributed by atoms with Crippen molar-refractivity contribution in [3.8, 4) is 0 Å². The summed E-state index contributed by atoms with van der Waals surface area (Å²) in [7, 11) is 0. The van der Waals surface area contributed by atoms with Gasteiger partial charge in [0.2, 0.25) is 0 Å². The molecule has 10 heavy (non-hydrogen) atoms. The second-order valence-electron chi connectivity index (χ2n) is 2.74. The smallest absolute Gasteiger partial charge is 0.0136 e. The van der Waals surface area contributed by atoms with Gasteiger partial charge in [0.25, 0.3) is 0 Å². The predicted octanol–water partition coefficient (Wildman–Crippen LogP) is 2.94. The fourth-order valence-corrected chi connectivity index (χ4v) is 1.40. The van der Waals surface area contributed by atoms with Crippen molar-refractivity contribution in [3.63, 3.8) is 0 Å². The highest BCUT2D eigenvalue weighted by Gasteiger charge is 2.15. The summed E-state index contributed by atoms with van der Waals surface area (Å²) in [5, 5.41) is 0.